The number of fused-ring (bicyclic) bond motifs is 2. The number of carbonyl (C=O) groups is 1. The van der Waals surface area contributed by atoms with Crippen molar-refractivity contribution in [2.24, 2.45) is 0 Å². The highest BCUT2D eigenvalue weighted by Gasteiger charge is 2.27. The minimum Gasteiger partial charge on any atom is -0.449 e. The van der Waals surface area contributed by atoms with Crippen molar-refractivity contribution in [2.75, 3.05) is 26.2 Å². The summed E-state index contributed by atoms with van der Waals surface area (Å²) in [7, 11) is 0. The molecule has 0 unspecified atom stereocenters. The number of nitrogens with one attached hydrogen (secondary N) is 2. The first-order chi connectivity index (χ1) is 18.9. The third kappa shape index (κ3) is 4.91. The molecule has 0 saturated carbocycles. The summed E-state index contributed by atoms with van der Waals surface area (Å²) in [5.41, 5.74) is 9.47. The number of carbonyl (C=O) groups excluding carboxylic acids is 1. The molecule has 1 aromatic carbocycles. The minimum atomic E-state index is -0.158. The van der Waals surface area contributed by atoms with Crippen LogP contribution in [0.3, 0.4) is 0 Å². The Balaban J connectivity index is 1.20. The summed E-state index contributed by atoms with van der Waals surface area (Å²) in [6.07, 6.45) is 8.79. The maximum atomic E-state index is 12.6. The van der Waals surface area contributed by atoms with Gasteiger partial charge in [-0.1, -0.05) is 19.9 Å². The van der Waals surface area contributed by atoms with Crippen LogP contribution in [0.4, 0.5) is 4.79 Å². The monoisotopic (exact) mass is 528 g/mol. The standard InChI is InChI=1S/C31H40N6O2/c1-19(2)28-25-16-23(22-9-13-36(14-10-22)31(38)39-15-11-24-6-5-12-32-24)7-8-27(25)35-29(28)26-17-37-30(33-18-34-37)21(4)20(26)3/h7-8,16-19,22,24,32,35H,5-6,9-15H2,1-4H3/t24-/m0/s1. The zero-order valence-corrected chi connectivity index (χ0v) is 23.6. The molecule has 2 N–H and O–H groups in total. The summed E-state index contributed by atoms with van der Waals surface area (Å²) in [6.45, 7) is 11.9. The molecule has 4 aromatic rings. The van der Waals surface area contributed by atoms with Crippen molar-refractivity contribution in [2.45, 2.75) is 77.7 Å². The Hall–Kier alpha value is -3.39. The van der Waals surface area contributed by atoms with Gasteiger partial charge in [-0.15, -0.1) is 0 Å². The lowest BCUT2D eigenvalue weighted by Crippen LogP contribution is -2.38. The summed E-state index contributed by atoms with van der Waals surface area (Å²) in [5, 5.41) is 9.17. The molecule has 206 valence electrons. The Morgan fingerprint density at radius 3 is 2.72 bits per heavy atom. The highest BCUT2D eigenvalue weighted by Crippen LogP contribution is 2.40. The summed E-state index contributed by atoms with van der Waals surface area (Å²) in [5.74, 6) is 0.793. The number of aromatic nitrogens is 4. The zero-order chi connectivity index (χ0) is 27.1. The molecule has 0 aliphatic carbocycles. The second-order valence-electron chi connectivity index (χ2n) is 11.7. The van der Waals surface area contributed by atoms with Crippen LogP contribution in [0, 0.1) is 13.8 Å². The minimum absolute atomic E-state index is 0.158. The number of benzene rings is 1. The molecule has 8 heteroatoms. The van der Waals surface area contributed by atoms with Crippen molar-refractivity contribution in [3.8, 4) is 11.3 Å². The Morgan fingerprint density at radius 1 is 1.15 bits per heavy atom. The van der Waals surface area contributed by atoms with E-state index in [0.29, 0.717) is 24.5 Å². The number of aryl methyl sites for hydroxylation is 1. The first kappa shape index (κ1) is 25.9. The molecule has 0 bridgehead atoms. The Morgan fingerprint density at radius 2 is 1.97 bits per heavy atom. The van der Waals surface area contributed by atoms with Crippen molar-refractivity contribution in [1.82, 2.24) is 29.8 Å². The van der Waals surface area contributed by atoms with Crippen LogP contribution in [-0.4, -0.2) is 62.9 Å². The number of pyridine rings is 1. The molecule has 0 spiro atoms. The van der Waals surface area contributed by atoms with E-state index in [4.69, 9.17) is 4.74 Å². The van der Waals surface area contributed by atoms with E-state index in [9.17, 15) is 4.79 Å². The van der Waals surface area contributed by atoms with Gasteiger partial charge >= 0.3 is 6.09 Å². The molecule has 0 radical (unpaired) electrons. The van der Waals surface area contributed by atoms with Crippen LogP contribution >= 0.6 is 0 Å². The predicted molar refractivity (Wildman–Crippen MR) is 154 cm³/mol. The van der Waals surface area contributed by atoms with Gasteiger partial charge < -0.3 is 19.9 Å². The van der Waals surface area contributed by atoms with E-state index >= 15 is 0 Å². The molecule has 6 rings (SSSR count). The molecule has 8 nitrogen and oxygen atoms in total. The van der Waals surface area contributed by atoms with Crippen LogP contribution in [-0.2, 0) is 4.74 Å². The average molecular weight is 529 g/mol. The van der Waals surface area contributed by atoms with Crippen LogP contribution in [0.5, 0.6) is 0 Å². The molecule has 1 amide bonds. The van der Waals surface area contributed by atoms with E-state index in [1.165, 1.54) is 46.2 Å². The van der Waals surface area contributed by atoms with Gasteiger partial charge in [0.05, 0.1) is 12.3 Å². The van der Waals surface area contributed by atoms with Crippen molar-refractivity contribution in [3.05, 3.63) is 53.0 Å². The predicted octanol–water partition coefficient (Wildman–Crippen LogP) is 6.08. The average Bonchev–Trinajstić information content (AvgIpc) is 3.70. The lowest BCUT2D eigenvalue weighted by atomic mass is 9.87. The van der Waals surface area contributed by atoms with Crippen LogP contribution in [0.25, 0.3) is 27.8 Å². The molecule has 2 fully saturated rings. The third-order valence-electron chi connectivity index (χ3n) is 8.91. The van der Waals surface area contributed by atoms with E-state index in [-0.39, 0.29) is 6.09 Å². The van der Waals surface area contributed by atoms with Gasteiger partial charge in [-0.25, -0.2) is 14.3 Å². The number of hydrogen-bond acceptors (Lipinski definition) is 5. The van der Waals surface area contributed by atoms with Gasteiger partial charge in [-0.2, -0.15) is 5.10 Å². The maximum Gasteiger partial charge on any atom is 0.409 e. The second kappa shape index (κ2) is 10.6. The lowest BCUT2D eigenvalue weighted by Gasteiger charge is -2.31. The van der Waals surface area contributed by atoms with E-state index < -0.39 is 0 Å². The van der Waals surface area contributed by atoms with Gasteiger partial charge in [0, 0.05) is 41.8 Å². The lowest BCUT2D eigenvalue weighted by molar-refractivity contribution is 0.0897. The molecule has 2 saturated heterocycles. The van der Waals surface area contributed by atoms with Crippen LogP contribution < -0.4 is 5.32 Å². The van der Waals surface area contributed by atoms with Crippen LogP contribution in [0.15, 0.2) is 30.7 Å². The van der Waals surface area contributed by atoms with E-state index in [0.717, 1.165) is 55.6 Å². The molecule has 5 heterocycles. The summed E-state index contributed by atoms with van der Waals surface area (Å²) in [4.78, 5) is 22.7. The number of hydrogen-bond donors (Lipinski definition) is 2. The number of rotatable bonds is 6. The highest BCUT2D eigenvalue weighted by atomic mass is 16.6. The SMILES string of the molecule is Cc1c(-c2[nH]c3ccc(C4CCN(C(=O)OCC[C@@H]5CCCN5)CC4)cc3c2C(C)C)cn2ncnc2c1C. The van der Waals surface area contributed by atoms with Crippen LogP contribution in [0.2, 0.25) is 0 Å². The summed E-state index contributed by atoms with van der Waals surface area (Å²) >= 11 is 0. The smallest absolute Gasteiger partial charge is 0.409 e. The number of amides is 1. The molecular weight excluding hydrogens is 488 g/mol. The number of nitrogens with zero attached hydrogens (tertiary/aromatic N) is 4. The van der Waals surface area contributed by atoms with Gasteiger partial charge in [0.25, 0.3) is 0 Å². The molecule has 39 heavy (non-hydrogen) atoms. The molecule has 2 aliphatic heterocycles. The normalized spacial score (nSPS) is 18.6. The van der Waals surface area contributed by atoms with Crippen molar-refractivity contribution in [1.29, 1.82) is 0 Å². The Labute approximate surface area is 230 Å². The fourth-order valence-electron chi connectivity index (χ4n) is 6.53. The van der Waals surface area contributed by atoms with E-state index in [1.54, 1.807) is 6.33 Å². The number of aromatic amines is 1. The number of H-pyrrole nitrogens is 1. The number of ether oxygens (including phenoxy) is 1. The topological polar surface area (TPSA) is 87.5 Å². The zero-order valence-electron chi connectivity index (χ0n) is 23.6. The molecular formula is C31H40N6O2. The summed E-state index contributed by atoms with van der Waals surface area (Å²) < 4.78 is 7.48. The summed E-state index contributed by atoms with van der Waals surface area (Å²) in [6, 6.07) is 7.38. The first-order valence-electron chi connectivity index (χ1n) is 14.5. The fraction of sp³-hybridized carbons (Fsp3) is 0.516. The maximum absolute atomic E-state index is 12.6. The van der Waals surface area contributed by atoms with Gasteiger partial charge in [-0.3, -0.25) is 0 Å². The first-order valence-corrected chi connectivity index (χ1v) is 14.5. The Bertz CT molecular complexity index is 1490. The fourth-order valence-corrected chi connectivity index (χ4v) is 6.53. The molecule has 3 aromatic heterocycles. The van der Waals surface area contributed by atoms with Crippen molar-refractivity contribution in [3.63, 3.8) is 0 Å². The highest BCUT2D eigenvalue weighted by molar-refractivity contribution is 5.92. The third-order valence-corrected chi connectivity index (χ3v) is 8.91. The van der Waals surface area contributed by atoms with Gasteiger partial charge in [0.2, 0.25) is 0 Å². The largest absolute Gasteiger partial charge is 0.449 e. The van der Waals surface area contributed by atoms with E-state index in [1.807, 2.05) is 9.42 Å². The quantitative estimate of drug-likeness (QED) is 0.317. The van der Waals surface area contributed by atoms with Gasteiger partial charge in [0.15, 0.2) is 5.65 Å². The van der Waals surface area contributed by atoms with Crippen molar-refractivity contribution >= 4 is 22.6 Å². The van der Waals surface area contributed by atoms with Crippen molar-refractivity contribution < 1.29 is 9.53 Å². The number of likely N-dealkylation sites (tertiary alicyclic amines) is 1. The second-order valence-corrected chi connectivity index (χ2v) is 11.7. The Kier molecular flexibility index (Phi) is 7.06. The van der Waals surface area contributed by atoms with E-state index in [2.05, 4.69) is 72.5 Å². The van der Waals surface area contributed by atoms with Crippen LogP contribution in [0.1, 0.15) is 80.0 Å². The molecule has 1 atom stereocenters. The van der Waals surface area contributed by atoms with Gasteiger partial charge in [-0.05, 0) is 98.7 Å². The number of piperidine rings is 1. The van der Waals surface area contributed by atoms with Gasteiger partial charge in [0.1, 0.15) is 6.33 Å². The molecule has 2 aliphatic rings.